The van der Waals surface area contributed by atoms with E-state index in [1.54, 1.807) is 13.8 Å². The Morgan fingerprint density at radius 1 is 1.40 bits per heavy atom. The van der Waals surface area contributed by atoms with Gasteiger partial charge in [-0.1, -0.05) is 0 Å². The maximum atomic E-state index is 12.0. The Hall–Kier alpha value is -1.96. The predicted octanol–water partition coefficient (Wildman–Crippen LogP) is 0.896. The number of thiazole rings is 1. The second-order valence-electron chi connectivity index (χ2n) is 4.13. The lowest BCUT2D eigenvalue weighted by Crippen LogP contribution is -2.41. The van der Waals surface area contributed by atoms with Crippen LogP contribution < -0.4 is 5.32 Å². The number of hydrogen-bond acceptors (Lipinski definition) is 6. The summed E-state index contributed by atoms with van der Waals surface area (Å²) in [5, 5.41) is 12.2. The van der Waals surface area contributed by atoms with E-state index in [0.717, 1.165) is 5.01 Å². The molecule has 110 valence electrons. The molecule has 7 nitrogen and oxygen atoms in total. The average Bonchev–Trinajstić information content (AvgIpc) is 2.72. The summed E-state index contributed by atoms with van der Waals surface area (Å²) in [6, 6.07) is -1.14. The third-order valence-electron chi connectivity index (χ3n) is 2.58. The summed E-state index contributed by atoms with van der Waals surface area (Å²) in [6.45, 7) is 3.45. The van der Waals surface area contributed by atoms with E-state index in [9.17, 15) is 14.4 Å². The van der Waals surface area contributed by atoms with Gasteiger partial charge in [0, 0.05) is 6.42 Å². The van der Waals surface area contributed by atoms with Gasteiger partial charge in [-0.25, -0.2) is 9.78 Å². The fourth-order valence-corrected chi connectivity index (χ4v) is 2.41. The van der Waals surface area contributed by atoms with E-state index in [0.29, 0.717) is 10.6 Å². The van der Waals surface area contributed by atoms with E-state index in [1.165, 1.54) is 18.4 Å². The molecule has 0 saturated heterocycles. The first-order chi connectivity index (χ1) is 9.35. The lowest BCUT2D eigenvalue weighted by molar-refractivity contribution is -0.142. The van der Waals surface area contributed by atoms with Crippen molar-refractivity contribution >= 4 is 29.2 Å². The van der Waals surface area contributed by atoms with Crippen LogP contribution in [0.15, 0.2) is 0 Å². The Morgan fingerprint density at radius 3 is 2.50 bits per heavy atom. The summed E-state index contributed by atoms with van der Waals surface area (Å²) < 4.78 is 4.44. The fraction of sp³-hybridized carbons (Fsp3) is 0.500. The van der Waals surface area contributed by atoms with Gasteiger partial charge in [-0.2, -0.15) is 0 Å². The highest BCUT2D eigenvalue weighted by Gasteiger charge is 2.23. The number of nitrogens with zero attached hydrogens (tertiary/aromatic N) is 1. The fourth-order valence-electron chi connectivity index (χ4n) is 1.59. The van der Waals surface area contributed by atoms with Crippen LogP contribution in [0.1, 0.15) is 33.2 Å². The van der Waals surface area contributed by atoms with E-state index in [4.69, 9.17) is 5.11 Å². The van der Waals surface area contributed by atoms with Gasteiger partial charge in [0.1, 0.15) is 10.9 Å². The van der Waals surface area contributed by atoms with Crippen LogP contribution in [0.4, 0.5) is 0 Å². The summed E-state index contributed by atoms with van der Waals surface area (Å²) in [5.41, 5.74) is 0.558. The molecule has 0 saturated carbocycles. The zero-order valence-electron chi connectivity index (χ0n) is 11.4. The number of nitrogens with one attached hydrogen (secondary N) is 1. The standard InChI is InChI=1S/C12H16N2O5S/c1-6-10(20-7(2)13-6)11(16)14-8(12(17)18)4-5-9(15)19-3/h8H,4-5H2,1-3H3,(H,14,16)(H,17,18)/t8-/m1/s1. The molecule has 0 fully saturated rings. The third-order valence-corrected chi connectivity index (χ3v) is 3.65. The van der Waals surface area contributed by atoms with Crippen molar-refractivity contribution in [3.05, 3.63) is 15.6 Å². The lowest BCUT2D eigenvalue weighted by atomic mass is 10.1. The van der Waals surface area contributed by atoms with Gasteiger partial charge in [-0.05, 0) is 20.3 Å². The van der Waals surface area contributed by atoms with Crippen molar-refractivity contribution in [1.29, 1.82) is 0 Å². The molecule has 0 aromatic carbocycles. The molecule has 0 unspecified atom stereocenters. The van der Waals surface area contributed by atoms with Gasteiger partial charge >= 0.3 is 11.9 Å². The van der Waals surface area contributed by atoms with Crippen molar-refractivity contribution in [3.8, 4) is 0 Å². The molecular weight excluding hydrogens is 284 g/mol. The molecule has 0 aliphatic heterocycles. The number of aryl methyl sites for hydroxylation is 2. The lowest BCUT2D eigenvalue weighted by Gasteiger charge is -2.13. The molecule has 1 aromatic heterocycles. The predicted molar refractivity (Wildman–Crippen MR) is 71.7 cm³/mol. The first-order valence-corrected chi connectivity index (χ1v) is 6.71. The molecule has 8 heteroatoms. The second-order valence-corrected chi connectivity index (χ2v) is 5.33. The third kappa shape index (κ3) is 4.30. The monoisotopic (exact) mass is 300 g/mol. The number of carboxylic acids is 1. The van der Waals surface area contributed by atoms with Crippen LogP contribution in [-0.2, 0) is 14.3 Å². The number of carbonyl (C=O) groups excluding carboxylic acids is 2. The second kappa shape index (κ2) is 6.99. The van der Waals surface area contributed by atoms with Gasteiger partial charge in [-0.3, -0.25) is 9.59 Å². The van der Waals surface area contributed by atoms with Crippen LogP contribution in [-0.4, -0.2) is 41.1 Å². The number of rotatable bonds is 6. The Kier molecular flexibility index (Phi) is 5.63. The molecule has 1 aromatic rings. The highest BCUT2D eigenvalue weighted by Crippen LogP contribution is 2.17. The minimum atomic E-state index is -1.19. The minimum Gasteiger partial charge on any atom is -0.480 e. The largest absolute Gasteiger partial charge is 0.480 e. The molecule has 0 aliphatic carbocycles. The van der Waals surface area contributed by atoms with Crippen molar-refractivity contribution in [2.24, 2.45) is 0 Å². The first kappa shape index (κ1) is 16.1. The number of aromatic nitrogens is 1. The molecule has 0 bridgehead atoms. The van der Waals surface area contributed by atoms with Crippen LogP contribution >= 0.6 is 11.3 Å². The number of carbonyl (C=O) groups is 3. The number of amides is 1. The number of methoxy groups -OCH3 is 1. The zero-order chi connectivity index (χ0) is 15.3. The molecular formula is C12H16N2O5S. The highest BCUT2D eigenvalue weighted by molar-refractivity contribution is 7.13. The highest BCUT2D eigenvalue weighted by atomic mass is 32.1. The molecule has 0 aliphatic rings. The van der Waals surface area contributed by atoms with E-state index >= 15 is 0 Å². The zero-order valence-corrected chi connectivity index (χ0v) is 12.2. The van der Waals surface area contributed by atoms with Crippen LogP contribution in [0.25, 0.3) is 0 Å². The normalized spacial score (nSPS) is 11.8. The SMILES string of the molecule is COC(=O)CC[C@@H](NC(=O)c1sc(C)nc1C)C(=O)O. The molecule has 0 radical (unpaired) electrons. The van der Waals surface area contributed by atoms with E-state index in [-0.39, 0.29) is 12.8 Å². The van der Waals surface area contributed by atoms with Gasteiger partial charge in [0.15, 0.2) is 0 Å². The van der Waals surface area contributed by atoms with E-state index in [1.807, 2.05) is 0 Å². The Labute approximate surface area is 120 Å². The maximum absolute atomic E-state index is 12.0. The van der Waals surface area contributed by atoms with Gasteiger partial charge in [0.2, 0.25) is 0 Å². The summed E-state index contributed by atoms with van der Waals surface area (Å²) in [6.07, 6.45) is -0.0982. The molecule has 0 spiro atoms. The Balaban J connectivity index is 2.70. The average molecular weight is 300 g/mol. The summed E-state index contributed by atoms with van der Waals surface area (Å²) in [4.78, 5) is 38.6. The van der Waals surface area contributed by atoms with Crippen LogP contribution in [0.3, 0.4) is 0 Å². The molecule has 20 heavy (non-hydrogen) atoms. The Bertz CT molecular complexity index is 526. The smallest absolute Gasteiger partial charge is 0.326 e. The first-order valence-electron chi connectivity index (χ1n) is 5.89. The van der Waals surface area contributed by atoms with Crippen LogP contribution in [0.2, 0.25) is 0 Å². The van der Waals surface area contributed by atoms with Crippen molar-refractivity contribution in [2.45, 2.75) is 32.7 Å². The van der Waals surface area contributed by atoms with Crippen molar-refractivity contribution in [2.75, 3.05) is 7.11 Å². The Morgan fingerprint density at radius 2 is 2.05 bits per heavy atom. The summed E-state index contributed by atoms with van der Waals surface area (Å²) in [5.74, 6) is -2.21. The topological polar surface area (TPSA) is 106 Å². The van der Waals surface area contributed by atoms with Gasteiger partial charge in [0.05, 0.1) is 17.8 Å². The van der Waals surface area contributed by atoms with E-state index < -0.39 is 23.9 Å². The maximum Gasteiger partial charge on any atom is 0.326 e. The molecule has 1 rings (SSSR count). The number of aliphatic carboxylic acids is 1. The summed E-state index contributed by atoms with van der Waals surface area (Å²) >= 11 is 1.20. The van der Waals surface area contributed by atoms with Crippen molar-refractivity contribution < 1.29 is 24.2 Å². The number of carboxylic acid groups (broad SMARTS) is 1. The van der Waals surface area contributed by atoms with E-state index in [2.05, 4.69) is 15.0 Å². The van der Waals surface area contributed by atoms with Crippen molar-refractivity contribution in [3.63, 3.8) is 0 Å². The number of ether oxygens (including phenoxy) is 1. The van der Waals surface area contributed by atoms with Crippen molar-refractivity contribution in [1.82, 2.24) is 10.3 Å². The summed E-state index contributed by atoms with van der Waals surface area (Å²) in [7, 11) is 1.22. The molecule has 2 N–H and O–H groups in total. The van der Waals surface area contributed by atoms with Crippen LogP contribution in [0.5, 0.6) is 0 Å². The molecule has 1 heterocycles. The quantitative estimate of drug-likeness (QED) is 0.756. The molecule has 1 amide bonds. The minimum absolute atomic E-state index is 0.0232. The van der Waals surface area contributed by atoms with Crippen LogP contribution in [0, 0.1) is 13.8 Å². The molecule has 1 atom stereocenters. The van der Waals surface area contributed by atoms with Gasteiger partial charge < -0.3 is 15.2 Å². The number of esters is 1. The number of hydrogen-bond donors (Lipinski definition) is 2. The van der Waals surface area contributed by atoms with Gasteiger partial charge in [0.25, 0.3) is 5.91 Å². The van der Waals surface area contributed by atoms with Gasteiger partial charge in [-0.15, -0.1) is 11.3 Å².